The number of pyridine rings is 1. The van der Waals surface area contributed by atoms with Crippen LogP contribution in [0, 0.1) is 12.9 Å². The minimum absolute atomic E-state index is 0. The molecule has 2 heterocycles. The number of nitrogens with zero attached hydrogens (tertiary/aromatic N) is 3. The summed E-state index contributed by atoms with van der Waals surface area (Å²) >= 11 is 0. The Hall–Kier alpha value is -6.35. The first-order chi connectivity index (χ1) is 37.0. The van der Waals surface area contributed by atoms with Crippen LogP contribution in [0.1, 0.15) is 147 Å². The zero-order chi connectivity index (χ0) is 58.6. The quantitative estimate of drug-likeness (QED) is 0.162. The molecule has 0 bridgehead atoms. The third-order valence-electron chi connectivity index (χ3n) is 14.1. The molecule has 0 saturated heterocycles. The van der Waals surface area contributed by atoms with Crippen molar-refractivity contribution in [3.63, 3.8) is 0 Å². The Kier molecular flexibility index (Phi) is 12.0. The van der Waals surface area contributed by atoms with Crippen LogP contribution in [-0.4, -0.2) is 19.6 Å². The number of phenolic OH excluding ortho intramolecular Hbond substituents is 1. The Morgan fingerprint density at radius 2 is 1.07 bits per heavy atom. The van der Waals surface area contributed by atoms with E-state index in [1.54, 1.807) is 18.3 Å². The first-order valence-electron chi connectivity index (χ1n) is 29.0. The van der Waals surface area contributed by atoms with Crippen LogP contribution >= 0.6 is 0 Å². The molecule has 9 rings (SSSR count). The zero-order valence-corrected chi connectivity index (χ0v) is 48.0. The molecule has 4 nitrogen and oxygen atoms in total. The van der Waals surface area contributed by atoms with Gasteiger partial charge in [-0.2, -0.15) is 0 Å². The number of fused-ring (bicyclic) bond motifs is 1. The number of hydrogen-bond donors (Lipinski definition) is 1. The van der Waals surface area contributed by atoms with Crippen molar-refractivity contribution in [3.05, 3.63) is 191 Å². The fraction of sp³-hybridized carbons (Fsp3) is 0.304. The monoisotopic (exact) mass is 1160 g/mol. The zero-order valence-electron chi connectivity index (χ0n) is 52.7. The second kappa shape index (κ2) is 19.7. The number of para-hydroxylation sites is 1. The van der Waals surface area contributed by atoms with Gasteiger partial charge in [0.15, 0.2) is 0 Å². The Morgan fingerprint density at radius 1 is 0.500 bits per heavy atom. The van der Waals surface area contributed by atoms with Gasteiger partial charge in [0.1, 0.15) is 11.6 Å². The molecule has 0 aliphatic carbocycles. The maximum absolute atomic E-state index is 12.8. The number of hydrogen-bond acceptors (Lipinski definition) is 3. The molecule has 0 saturated carbocycles. The van der Waals surface area contributed by atoms with Crippen LogP contribution in [0.4, 0.5) is 0 Å². The topological polar surface area (TPSA) is 50.9 Å². The number of benzene rings is 7. The SMILES string of the molecule is [2H]c1c([2H])c(C([2H])([2H])[2H])c([2H])c([2H])c1-c1ccnc(-c2[c-]c(-c3cccc4c3nc(-c3cc(C(C)(C)C)cc(C(C)(C)C)c3O)n4-c3ccc(C(C)(C)C)cc3-c3ccc(C(C)(C)C)cc3)cc(-c3ccc(C(C)(C)C)cc3)c2)c1.[Pt]. The number of rotatable bonds is 7. The van der Waals surface area contributed by atoms with Crippen LogP contribution in [0.2, 0.25) is 0 Å². The van der Waals surface area contributed by atoms with E-state index >= 15 is 0 Å². The summed E-state index contributed by atoms with van der Waals surface area (Å²) in [7, 11) is 0. The van der Waals surface area contributed by atoms with E-state index in [-0.39, 0.29) is 54.0 Å². The van der Waals surface area contributed by atoms with Crippen molar-refractivity contribution < 1.29 is 35.8 Å². The molecule has 0 unspecified atom stereocenters. The third-order valence-corrected chi connectivity index (χ3v) is 14.1. The minimum atomic E-state index is -2.85. The molecular weight excluding hydrogens is 1080 g/mol. The van der Waals surface area contributed by atoms with Gasteiger partial charge < -0.3 is 5.11 Å². The molecule has 5 heteroatoms. The van der Waals surface area contributed by atoms with E-state index in [2.05, 4.69) is 205 Å². The number of aromatic nitrogens is 3. The fourth-order valence-corrected chi connectivity index (χ4v) is 9.50. The van der Waals surface area contributed by atoms with Crippen LogP contribution in [0.3, 0.4) is 0 Å². The van der Waals surface area contributed by atoms with Gasteiger partial charge in [-0.05, 0) is 109 Å². The van der Waals surface area contributed by atoms with Crippen LogP contribution in [-0.2, 0) is 48.1 Å². The second-order valence-electron chi connectivity index (χ2n) is 24.9. The summed E-state index contributed by atoms with van der Waals surface area (Å²) in [6.07, 6.45) is 1.56. The molecule has 0 radical (unpaired) electrons. The molecule has 382 valence electrons. The molecule has 7 aromatic carbocycles. The Balaban J connectivity index is 0.00000860. The average Bonchev–Trinajstić information content (AvgIpc) is 4.04. The smallest absolute Gasteiger partial charge is 0.148 e. The first-order valence-corrected chi connectivity index (χ1v) is 25.5. The van der Waals surface area contributed by atoms with Crippen molar-refractivity contribution >= 4 is 11.0 Å². The van der Waals surface area contributed by atoms with Crippen molar-refractivity contribution in [2.24, 2.45) is 0 Å². The number of aromatic hydroxyl groups is 1. The van der Waals surface area contributed by atoms with E-state index in [1.165, 1.54) is 16.7 Å². The molecule has 1 N–H and O–H groups in total. The summed E-state index contributed by atoms with van der Waals surface area (Å²) in [5.41, 5.74) is 13.6. The Bertz CT molecular complexity index is 3850. The van der Waals surface area contributed by atoms with Crippen LogP contribution in [0.15, 0.2) is 152 Å². The summed E-state index contributed by atoms with van der Waals surface area (Å²) in [6.45, 7) is 30.0. The van der Waals surface area contributed by atoms with Crippen molar-refractivity contribution in [1.29, 1.82) is 0 Å². The van der Waals surface area contributed by atoms with Crippen LogP contribution < -0.4 is 0 Å². The van der Waals surface area contributed by atoms with Gasteiger partial charge in [-0.25, -0.2) is 4.98 Å². The summed E-state index contributed by atoms with van der Waals surface area (Å²) in [5.74, 6) is 0.742. The van der Waals surface area contributed by atoms with Gasteiger partial charge in [0.05, 0.1) is 27.8 Å². The van der Waals surface area contributed by atoms with Gasteiger partial charge in [0.2, 0.25) is 0 Å². The molecule has 0 atom stereocenters. The largest absolute Gasteiger partial charge is 0.507 e. The summed E-state index contributed by atoms with van der Waals surface area (Å²) in [5, 5.41) is 12.8. The predicted molar refractivity (Wildman–Crippen MR) is 310 cm³/mol. The standard InChI is InChI=1S/C69H74N3O.Pt/c1-43-20-22-44(23-21-43)47-34-35-70-59(39-47)50-37-48(45-24-28-51(29-25-45)65(2,3)4)36-49(38-50)55-18-17-19-61-62(55)71-64(57-41-54(68(11,12)13)42-58(63(57)73)69(14,15)16)72(61)60-33-32-53(67(8,9)10)40-56(60)46-26-30-52(31-27-46)66(5,6)7;/h17-37,39-42,73H,1-16H3;/q-1;/i1D3,20D,21D,22D,23D;. The maximum atomic E-state index is 12.8. The molecule has 0 spiro atoms. The first kappa shape index (κ1) is 45.1. The summed E-state index contributed by atoms with van der Waals surface area (Å²) in [4.78, 5) is 10.5. The molecule has 0 aliphatic heterocycles. The van der Waals surface area contributed by atoms with Crippen LogP contribution in [0.5, 0.6) is 5.75 Å². The van der Waals surface area contributed by atoms with Crippen molar-refractivity contribution in [1.82, 2.24) is 14.5 Å². The molecule has 0 amide bonds. The van der Waals surface area contributed by atoms with Crippen molar-refractivity contribution in [3.8, 4) is 78.6 Å². The number of phenols is 1. The van der Waals surface area contributed by atoms with E-state index in [4.69, 9.17) is 19.6 Å². The van der Waals surface area contributed by atoms with Crippen molar-refractivity contribution in [2.75, 3.05) is 0 Å². The van der Waals surface area contributed by atoms with E-state index in [0.29, 0.717) is 39.3 Å². The fourth-order valence-electron chi connectivity index (χ4n) is 9.50. The van der Waals surface area contributed by atoms with E-state index in [0.717, 1.165) is 50.1 Å². The molecule has 0 fully saturated rings. The van der Waals surface area contributed by atoms with E-state index in [9.17, 15) is 5.11 Å². The van der Waals surface area contributed by atoms with Gasteiger partial charge in [-0.1, -0.05) is 229 Å². The molecule has 74 heavy (non-hydrogen) atoms. The van der Waals surface area contributed by atoms with E-state index in [1.807, 2.05) is 18.2 Å². The molecule has 2 aromatic heterocycles. The van der Waals surface area contributed by atoms with Gasteiger partial charge >= 0.3 is 0 Å². The summed E-state index contributed by atoms with van der Waals surface area (Å²) < 4.78 is 61.6. The number of imidazole rings is 1. The van der Waals surface area contributed by atoms with Gasteiger partial charge in [-0.3, -0.25) is 9.55 Å². The van der Waals surface area contributed by atoms with E-state index < -0.39 is 42.0 Å². The average molecular weight is 1160 g/mol. The summed E-state index contributed by atoms with van der Waals surface area (Å²) in [6, 6.07) is 43.6. The third kappa shape index (κ3) is 10.9. The molecule has 9 aromatic rings. The predicted octanol–water partition coefficient (Wildman–Crippen LogP) is 18.7. The van der Waals surface area contributed by atoms with Crippen LogP contribution in [0.25, 0.3) is 83.9 Å². The van der Waals surface area contributed by atoms with Crippen molar-refractivity contribution in [2.45, 2.75) is 138 Å². The Labute approximate surface area is 466 Å². The Morgan fingerprint density at radius 3 is 1.65 bits per heavy atom. The van der Waals surface area contributed by atoms with Gasteiger partial charge in [0, 0.05) is 48.2 Å². The minimum Gasteiger partial charge on any atom is -0.507 e. The normalized spacial score (nSPS) is 14.1. The molecule has 0 aliphatic rings. The van der Waals surface area contributed by atoms with Gasteiger partial charge in [-0.15, -0.1) is 23.8 Å². The van der Waals surface area contributed by atoms with Gasteiger partial charge in [0.25, 0.3) is 0 Å². The molecular formula is C69H74N3OPt-. The maximum Gasteiger partial charge on any atom is 0.148 e. The second-order valence-corrected chi connectivity index (χ2v) is 24.9.